The van der Waals surface area contributed by atoms with Gasteiger partial charge in [0.15, 0.2) is 0 Å². The molecule has 0 spiro atoms. The van der Waals surface area contributed by atoms with Crippen molar-refractivity contribution < 1.29 is 13.2 Å². The molecule has 1 atom stereocenters. The van der Waals surface area contributed by atoms with Crippen molar-refractivity contribution in [3.05, 3.63) is 88.9 Å². The Bertz CT molecular complexity index is 1180. The van der Waals surface area contributed by atoms with E-state index in [0.29, 0.717) is 11.3 Å². The zero-order valence-electron chi connectivity index (χ0n) is 15.7. The monoisotopic (exact) mass is 426 g/mol. The number of carbonyl (C=O) groups excluding carboxylic acids is 1. The summed E-state index contributed by atoms with van der Waals surface area (Å²) in [5.74, 6) is -0.204. The number of amides is 1. The van der Waals surface area contributed by atoms with Crippen molar-refractivity contribution in [2.45, 2.75) is 24.3 Å². The molecule has 0 fully saturated rings. The second-order valence-corrected chi connectivity index (χ2v) is 9.06. The van der Waals surface area contributed by atoms with Gasteiger partial charge >= 0.3 is 0 Å². The first kappa shape index (κ1) is 19.5. The Balaban J connectivity index is 1.61. The highest BCUT2D eigenvalue weighted by Gasteiger charge is 2.32. The fraction of sp³-hybridized carbons (Fsp3) is 0.136. The lowest BCUT2D eigenvalue weighted by atomic mass is 10.1. The number of sulfonamides is 1. The third-order valence-corrected chi connectivity index (χ3v) is 6.64. The van der Waals surface area contributed by atoms with Crippen molar-refractivity contribution in [2.24, 2.45) is 0 Å². The molecular formula is C22H19ClN2O3S. The lowest BCUT2D eigenvalue weighted by Crippen LogP contribution is -2.35. The quantitative estimate of drug-likeness (QED) is 0.655. The molecule has 4 rings (SSSR count). The molecule has 0 aromatic heterocycles. The molecule has 0 bridgehead atoms. The number of rotatable bonds is 4. The second kappa shape index (κ2) is 7.54. The number of hydrogen-bond donors (Lipinski definition) is 1. The van der Waals surface area contributed by atoms with Crippen molar-refractivity contribution in [1.29, 1.82) is 0 Å². The average molecular weight is 427 g/mol. The van der Waals surface area contributed by atoms with Gasteiger partial charge in [0.1, 0.15) is 0 Å². The van der Waals surface area contributed by atoms with E-state index in [0.717, 1.165) is 17.7 Å². The molecule has 0 radical (unpaired) electrons. The van der Waals surface area contributed by atoms with Gasteiger partial charge < -0.3 is 4.90 Å². The topological polar surface area (TPSA) is 66.5 Å². The number of para-hydroxylation sites is 1. The number of halogens is 1. The summed E-state index contributed by atoms with van der Waals surface area (Å²) in [6.45, 7) is 1.99. The van der Waals surface area contributed by atoms with Crippen LogP contribution in [0.15, 0.2) is 77.7 Å². The third kappa shape index (κ3) is 3.73. The van der Waals surface area contributed by atoms with Gasteiger partial charge in [0, 0.05) is 11.7 Å². The Hall–Kier alpha value is -2.83. The lowest BCUT2D eigenvalue weighted by molar-refractivity contribution is 0.0981. The molecule has 1 aliphatic heterocycles. The Kier molecular flexibility index (Phi) is 5.06. The molecule has 0 saturated heterocycles. The van der Waals surface area contributed by atoms with Gasteiger partial charge in [-0.1, -0.05) is 48.0 Å². The Labute approximate surface area is 175 Å². The first-order valence-corrected chi connectivity index (χ1v) is 11.0. The van der Waals surface area contributed by atoms with Crippen LogP contribution in [0.4, 0.5) is 11.4 Å². The van der Waals surface area contributed by atoms with E-state index in [2.05, 4.69) is 4.72 Å². The van der Waals surface area contributed by atoms with E-state index in [9.17, 15) is 13.2 Å². The summed E-state index contributed by atoms with van der Waals surface area (Å²) < 4.78 is 27.5. The molecule has 148 valence electrons. The van der Waals surface area contributed by atoms with E-state index in [-0.39, 0.29) is 21.9 Å². The van der Waals surface area contributed by atoms with Crippen molar-refractivity contribution >= 4 is 38.9 Å². The Morgan fingerprint density at radius 1 is 1.03 bits per heavy atom. The number of nitrogens with one attached hydrogen (secondary N) is 1. The number of hydrogen-bond acceptors (Lipinski definition) is 3. The van der Waals surface area contributed by atoms with Gasteiger partial charge in [0.2, 0.25) is 0 Å². The summed E-state index contributed by atoms with van der Waals surface area (Å²) >= 11 is 6.37. The van der Waals surface area contributed by atoms with Crippen molar-refractivity contribution in [3.63, 3.8) is 0 Å². The molecule has 3 aromatic rings. The number of carbonyl (C=O) groups is 1. The molecular weight excluding hydrogens is 408 g/mol. The normalized spacial score (nSPS) is 15.8. The number of anilines is 2. The van der Waals surface area contributed by atoms with Crippen LogP contribution in [0, 0.1) is 0 Å². The maximum Gasteiger partial charge on any atom is 0.261 e. The summed E-state index contributed by atoms with van der Waals surface area (Å²) in [6.07, 6.45) is 0.786. The smallest absolute Gasteiger partial charge is 0.261 e. The van der Waals surface area contributed by atoms with E-state index in [4.69, 9.17) is 11.6 Å². The maximum absolute atomic E-state index is 13.2. The minimum Gasteiger partial charge on any atom is -0.305 e. The Morgan fingerprint density at radius 2 is 1.72 bits per heavy atom. The van der Waals surface area contributed by atoms with Crippen LogP contribution < -0.4 is 9.62 Å². The summed E-state index contributed by atoms with van der Waals surface area (Å²) in [5, 5.41) is 0.194. The molecule has 0 unspecified atom stereocenters. The van der Waals surface area contributed by atoms with E-state index < -0.39 is 10.0 Å². The highest BCUT2D eigenvalue weighted by Crippen LogP contribution is 2.34. The predicted octanol–water partition coefficient (Wildman–Crippen LogP) is 4.73. The molecule has 0 aliphatic carbocycles. The standard InChI is InChI=1S/C22H19ClN2O3S/c1-15-13-16-7-5-6-10-21(16)25(15)22(26)19-12-11-17(14-20(19)23)24-29(27,28)18-8-3-2-4-9-18/h2-12,14-15,24H,13H2,1H3/t15-/m1/s1. The van der Waals surface area contributed by atoms with Crippen LogP contribution >= 0.6 is 11.6 Å². The molecule has 3 aromatic carbocycles. The number of benzene rings is 3. The fourth-order valence-electron chi connectivity index (χ4n) is 3.57. The average Bonchev–Trinajstić information content (AvgIpc) is 3.03. The predicted molar refractivity (Wildman–Crippen MR) is 115 cm³/mol. The first-order chi connectivity index (χ1) is 13.9. The van der Waals surface area contributed by atoms with Crippen LogP contribution in [-0.4, -0.2) is 20.4 Å². The maximum atomic E-state index is 13.2. The van der Waals surface area contributed by atoms with Gasteiger partial charge in [-0.2, -0.15) is 0 Å². The van der Waals surface area contributed by atoms with Crippen LogP contribution in [0.5, 0.6) is 0 Å². The molecule has 1 aliphatic rings. The van der Waals surface area contributed by atoms with Crippen molar-refractivity contribution in [1.82, 2.24) is 0 Å². The van der Waals surface area contributed by atoms with E-state index >= 15 is 0 Å². The van der Waals surface area contributed by atoms with E-state index in [1.807, 2.05) is 31.2 Å². The molecule has 5 nitrogen and oxygen atoms in total. The fourth-order valence-corrected chi connectivity index (χ4v) is 4.90. The molecule has 7 heteroatoms. The largest absolute Gasteiger partial charge is 0.305 e. The van der Waals surface area contributed by atoms with Gasteiger partial charge in [0.25, 0.3) is 15.9 Å². The SMILES string of the molecule is C[C@@H]1Cc2ccccc2N1C(=O)c1ccc(NS(=O)(=O)c2ccccc2)cc1Cl. The van der Waals surface area contributed by atoms with Crippen LogP contribution in [0.25, 0.3) is 0 Å². The highest BCUT2D eigenvalue weighted by atomic mass is 35.5. The summed E-state index contributed by atoms with van der Waals surface area (Å²) in [7, 11) is -3.73. The molecule has 1 amide bonds. The summed E-state index contributed by atoms with van der Waals surface area (Å²) in [6, 6.07) is 20.4. The molecule has 1 N–H and O–H groups in total. The van der Waals surface area contributed by atoms with Gasteiger partial charge in [-0.15, -0.1) is 0 Å². The van der Waals surface area contributed by atoms with Crippen molar-refractivity contribution in [3.8, 4) is 0 Å². The van der Waals surface area contributed by atoms with E-state index in [1.54, 1.807) is 35.2 Å². The number of fused-ring (bicyclic) bond motifs is 1. The second-order valence-electron chi connectivity index (χ2n) is 6.97. The van der Waals surface area contributed by atoms with E-state index in [1.165, 1.54) is 18.2 Å². The minimum absolute atomic E-state index is 0.0206. The molecule has 0 saturated carbocycles. The Morgan fingerprint density at radius 3 is 2.45 bits per heavy atom. The zero-order valence-corrected chi connectivity index (χ0v) is 17.2. The van der Waals surface area contributed by atoms with Crippen LogP contribution in [0.3, 0.4) is 0 Å². The summed E-state index contributed by atoms with van der Waals surface area (Å²) in [5.41, 5.74) is 2.63. The van der Waals surface area contributed by atoms with Gasteiger partial charge in [-0.05, 0) is 55.3 Å². The van der Waals surface area contributed by atoms with Crippen LogP contribution in [0.2, 0.25) is 5.02 Å². The summed E-state index contributed by atoms with van der Waals surface area (Å²) in [4.78, 5) is 15.1. The first-order valence-electron chi connectivity index (χ1n) is 9.16. The highest BCUT2D eigenvalue weighted by molar-refractivity contribution is 7.92. The lowest BCUT2D eigenvalue weighted by Gasteiger charge is -2.23. The van der Waals surface area contributed by atoms with Gasteiger partial charge in [-0.25, -0.2) is 8.42 Å². The number of nitrogens with zero attached hydrogens (tertiary/aromatic N) is 1. The van der Waals surface area contributed by atoms with Crippen LogP contribution in [0.1, 0.15) is 22.8 Å². The zero-order chi connectivity index (χ0) is 20.6. The van der Waals surface area contributed by atoms with Crippen LogP contribution in [-0.2, 0) is 16.4 Å². The molecule has 29 heavy (non-hydrogen) atoms. The van der Waals surface area contributed by atoms with Gasteiger partial charge in [0.05, 0.1) is 21.2 Å². The third-order valence-electron chi connectivity index (χ3n) is 4.93. The van der Waals surface area contributed by atoms with Gasteiger partial charge in [-0.3, -0.25) is 9.52 Å². The minimum atomic E-state index is -3.73. The molecule has 1 heterocycles. The van der Waals surface area contributed by atoms with Crippen molar-refractivity contribution in [2.75, 3.05) is 9.62 Å².